The number of methoxy groups -OCH3 is 2. The van der Waals surface area contributed by atoms with E-state index in [4.69, 9.17) is 14.2 Å². The monoisotopic (exact) mass is 404 g/mol. The predicted molar refractivity (Wildman–Crippen MR) is 112 cm³/mol. The number of rotatable bonds is 7. The van der Waals surface area contributed by atoms with E-state index in [1.807, 2.05) is 0 Å². The van der Waals surface area contributed by atoms with Crippen molar-refractivity contribution in [2.24, 2.45) is 5.10 Å². The molecule has 30 heavy (non-hydrogen) atoms. The molecule has 3 rings (SSSR count). The summed E-state index contributed by atoms with van der Waals surface area (Å²) >= 11 is 0. The lowest BCUT2D eigenvalue weighted by Crippen LogP contribution is -2.18. The van der Waals surface area contributed by atoms with Gasteiger partial charge in [-0.15, -0.1) is 0 Å². The molecule has 0 saturated heterocycles. The number of hydrogen-bond donors (Lipinski definition) is 1. The van der Waals surface area contributed by atoms with Crippen molar-refractivity contribution >= 4 is 18.1 Å². The van der Waals surface area contributed by atoms with Crippen LogP contribution in [0.2, 0.25) is 0 Å². The fraction of sp³-hybridized carbons (Fsp3) is 0.0870. The molecule has 3 aromatic rings. The van der Waals surface area contributed by atoms with Crippen molar-refractivity contribution in [3.63, 3.8) is 0 Å². The van der Waals surface area contributed by atoms with Gasteiger partial charge in [0, 0.05) is 0 Å². The number of benzene rings is 3. The number of amides is 1. The van der Waals surface area contributed by atoms with E-state index in [1.54, 1.807) is 79.9 Å². The molecule has 0 aliphatic heterocycles. The van der Waals surface area contributed by atoms with Gasteiger partial charge in [0.15, 0.2) is 0 Å². The van der Waals surface area contributed by atoms with Crippen LogP contribution in [0.4, 0.5) is 0 Å². The van der Waals surface area contributed by atoms with Gasteiger partial charge in [-0.05, 0) is 54.1 Å². The van der Waals surface area contributed by atoms with Gasteiger partial charge in [-0.3, -0.25) is 4.79 Å². The number of hydrogen-bond acceptors (Lipinski definition) is 6. The number of para-hydroxylation sites is 1. The third-order valence-electron chi connectivity index (χ3n) is 4.13. The number of nitrogens with one attached hydrogen (secondary N) is 1. The van der Waals surface area contributed by atoms with Gasteiger partial charge in [0.2, 0.25) is 0 Å². The van der Waals surface area contributed by atoms with E-state index < -0.39 is 11.9 Å². The molecule has 152 valence electrons. The van der Waals surface area contributed by atoms with Crippen molar-refractivity contribution in [1.82, 2.24) is 5.43 Å². The molecule has 0 atom stereocenters. The van der Waals surface area contributed by atoms with E-state index in [1.165, 1.54) is 13.3 Å². The second-order valence-corrected chi connectivity index (χ2v) is 6.09. The van der Waals surface area contributed by atoms with Gasteiger partial charge in [-0.2, -0.15) is 5.10 Å². The fourth-order valence-corrected chi connectivity index (χ4v) is 2.61. The smallest absolute Gasteiger partial charge is 0.343 e. The quantitative estimate of drug-likeness (QED) is 0.281. The summed E-state index contributed by atoms with van der Waals surface area (Å²) in [6.45, 7) is 0. The second kappa shape index (κ2) is 9.88. The van der Waals surface area contributed by atoms with Crippen molar-refractivity contribution in [2.45, 2.75) is 0 Å². The maximum absolute atomic E-state index is 12.3. The Kier molecular flexibility index (Phi) is 6.78. The lowest BCUT2D eigenvalue weighted by molar-refractivity contribution is 0.0734. The van der Waals surface area contributed by atoms with E-state index >= 15 is 0 Å². The second-order valence-electron chi connectivity index (χ2n) is 6.09. The Morgan fingerprint density at radius 3 is 2.37 bits per heavy atom. The molecule has 7 nitrogen and oxygen atoms in total. The van der Waals surface area contributed by atoms with Crippen LogP contribution in [0, 0.1) is 0 Å². The van der Waals surface area contributed by atoms with Crippen molar-refractivity contribution in [3.05, 3.63) is 89.5 Å². The van der Waals surface area contributed by atoms with E-state index in [-0.39, 0.29) is 0 Å². The maximum Gasteiger partial charge on any atom is 0.343 e. The molecule has 0 unspecified atom stereocenters. The number of ether oxygens (including phenoxy) is 3. The maximum atomic E-state index is 12.3. The third kappa shape index (κ3) is 5.23. The Balaban J connectivity index is 1.63. The SMILES string of the molecule is COc1ccc(C(=O)Oc2cccc(/C=N/NC(=O)c3ccccc3OC)c2)cc1. The lowest BCUT2D eigenvalue weighted by Gasteiger charge is -2.07. The molecule has 1 amide bonds. The highest BCUT2D eigenvalue weighted by Crippen LogP contribution is 2.18. The van der Waals surface area contributed by atoms with Crippen LogP contribution in [0.25, 0.3) is 0 Å². The number of carbonyl (C=O) groups is 2. The van der Waals surface area contributed by atoms with Gasteiger partial charge in [-0.1, -0.05) is 24.3 Å². The molecule has 0 aromatic heterocycles. The van der Waals surface area contributed by atoms with Crippen LogP contribution < -0.4 is 19.6 Å². The van der Waals surface area contributed by atoms with E-state index in [0.717, 1.165) is 0 Å². The van der Waals surface area contributed by atoms with Crippen molar-refractivity contribution in [1.29, 1.82) is 0 Å². The lowest BCUT2D eigenvalue weighted by atomic mass is 10.2. The number of hydrazone groups is 1. The Labute approximate surface area is 173 Å². The van der Waals surface area contributed by atoms with Crippen LogP contribution >= 0.6 is 0 Å². The average molecular weight is 404 g/mol. The Bertz CT molecular complexity index is 1060. The molecule has 0 fully saturated rings. The Morgan fingerprint density at radius 1 is 0.867 bits per heavy atom. The summed E-state index contributed by atoms with van der Waals surface area (Å²) in [4.78, 5) is 24.5. The zero-order chi connectivity index (χ0) is 21.3. The molecule has 0 aliphatic carbocycles. The van der Waals surface area contributed by atoms with Crippen LogP contribution in [-0.2, 0) is 0 Å². The topological polar surface area (TPSA) is 86.2 Å². The van der Waals surface area contributed by atoms with Crippen molar-refractivity contribution < 1.29 is 23.8 Å². The number of carbonyl (C=O) groups excluding carboxylic acids is 2. The van der Waals surface area contributed by atoms with E-state index in [2.05, 4.69) is 10.5 Å². The Morgan fingerprint density at radius 2 is 1.63 bits per heavy atom. The molecule has 0 heterocycles. The summed E-state index contributed by atoms with van der Waals surface area (Å²) in [6, 6.07) is 20.3. The summed E-state index contributed by atoms with van der Waals surface area (Å²) in [5, 5.41) is 3.96. The first kappa shape index (κ1) is 20.6. The molecular formula is C23H20N2O5. The largest absolute Gasteiger partial charge is 0.497 e. The van der Waals surface area contributed by atoms with E-state index in [0.29, 0.717) is 33.9 Å². The van der Waals surface area contributed by atoms with Crippen molar-refractivity contribution in [3.8, 4) is 17.2 Å². The van der Waals surface area contributed by atoms with Crippen molar-refractivity contribution in [2.75, 3.05) is 14.2 Å². The molecule has 3 aromatic carbocycles. The average Bonchev–Trinajstić information content (AvgIpc) is 2.79. The highest BCUT2D eigenvalue weighted by Gasteiger charge is 2.11. The van der Waals surface area contributed by atoms with Crippen LogP contribution in [0.15, 0.2) is 77.9 Å². The summed E-state index contributed by atoms with van der Waals surface area (Å²) in [5.41, 5.74) is 3.87. The third-order valence-corrected chi connectivity index (χ3v) is 4.13. The summed E-state index contributed by atoms with van der Waals surface area (Å²) < 4.78 is 15.6. The van der Waals surface area contributed by atoms with Crippen LogP contribution in [0.3, 0.4) is 0 Å². The minimum atomic E-state index is -0.490. The molecule has 0 saturated carbocycles. The first-order chi connectivity index (χ1) is 14.6. The molecule has 1 N–H and O–H groups in total. The zero-order valence-electron chi connectivity index (χ0n) is 16.5. The minimum Gasteiger partial charge on any atom is -0.497 e. The highest BCUT2D eigenvalue weighted by molar-refractivity contribution is 5.97. The van der Waals surface area contributed by atoms with E-state index in [9.17, 15) is 9.59 Å². The minimum absolute atomic E-state index is 0.357. The predicted octanol–water partition coefficient (Wildman–Crippen LogP) is 3.69. The van der Waals surface area contributed by atoms with Crippen LogP contribution in [0.5, 0.6) is 17.2 Å². The Hall–Kier alpha value is -4.13. The van der Waals surface area contributed by atoms with Gasteiger partial charge >= 0.3 is 5.97 Å². The van der Waals surface area contributed by atoms with Crippen LogP contribution in [-0.4, -0.2) is 32.3 Å². The number of esters is 1. The molecule has 0 spiro atoms. The first-order valence-electron chi connectivity index (χ1n) is 9.03. The number of nitrogens with zero attached hydrogens (tertiary/aromatic N) is 1. The molecular weight excluding hydrogens is 384 g/mol. The molecule has 0 bridgehead atoms. The zero-order valence-corrected chi connectivity index (χ0v) is 16.5. The normalized spacial score (nSPS) is 10.5. The standard InChI is InChI=1S/C23H20N2O5/c1-28-18-12-10-17(11-13-18)23(27)30-19-7-5-6-16(14-19)15-24-25-22(26)20-8-3-4-9-21(20)29-2/h3-15H,1-2H3,(H,25,26)/b24-15+. The van der Waals surface area contributed by atoms with Gasteiger partial charge in [0.25, 0.3) is 5.91 Å². The molecule has 0 radical (unpaired) electrons. The van der Waals surface area contributed by atoms with Crippen LogP contribution in [0.1, 0.15) is 26.3 Å². The van der Waals surface area contributed by atoms with Gasteiger partial charge in [0.1, 0.15) is 17.2 Å². The molecule has 7 heteroatoms. The first-order valence-corrected chi connectivity index (χ1v) is 9.03. The summed E-state index contributed by atoms with van der Waals surface area (Å²) in [6.07, 6.45) is 1.46. The van der Waals surface area contributed by atoms with Gasteiger partial charge < -0.3 is 14.2 Å². The van der Waals surface area contributed by atoms with Gasteiger partial charge in [0.05, 0.1) is 31.6 Å². The van der Waals surface area contributed by atoms with Gasteiger partial charge in [-0.25, -0.2) is 10.2 Å². The fourth-order valence-electron chi connectivity index (χ4n) is 2.61. The summed E-state index contributed by atoms with van der Waals surface area (Å²) in [5.74, 6) is 0.579. The highest BCUT2D eigenvalue weighted by atomic mass is 16.5. The molecule has 0 aliphatic rings. The summed E-state index contributed by atoms with van der Waals surface area (Å²) in [7, 11) is 3.05.